The molecule has 0 bridgehead atoms. The maximum atomic E-state index is 11.6. The van der Waals surface area contributed by atoms with Crippen molar-refractivity contribution in [3.8, 4) is 5.75 Å². The molecule has 3 N–H and O–H groups in total. The van der Waals surface area contributed by atoms with Crippen LogP contribution in [0.4, 0.5) is 0 Å². The first-order valence-electron chi connectivity index (χ1n) is 6.03. The monoisotopic (exact) mass is 251 g/mol. The number of phenols is 1. The lowest BCUT2D eigenvalue weighted by molar-refractivity contribution is -0.144. The fourth-order valence-electron chi connectivity index (χ4n) is 1.63. The van der Waals surface area contributed by atoms with Gasteiger partial charge >= 0.3 is 5.97 Å². The summed E-state index contributed by atoms with van der Waals surface area (Å²) in [5.41, 5.74) is 7.14. The second kappa shape index (κ2) is 5.40. The summed E-state index contributed by atoms with van der Waals surface area (Å²) in [5.74, 6) is -0.512. The Hall–Kier alpha value is -1.55. The first kappa shape index (κ1) is 14.5. The molecule has 0 heterocycles. The van der Waals surface area contributed by atoms with Crippen LogP contribution in [0.25, 0.3) is 0 Å². The van der Waals surface area contributed by atoms with Crippen LogP contribution < -0.4 is 5.73 Å². The summed E-state index contributed by atoms with van der Waals surface area (Å²) < 4.78 is 4.86. The molecule has 4 heteroatoms. The second-order valence-corrected chi connectivity index (χ2v) is 5.25. The smallest absolute Gasteiger partial charge is 0.327 e. The zero-order valence-corrected chi connectivity index (χ0v) is 11.4. The van der Waals surface area contributed by atoms with Crippen molar-refractivity contribution in [1.82, 2.24) is 0 Å². The Morgan fingerprint density at radius 2 is 2.06 bits per heavy atom. The van der Waals surface area contributed by atoms with Crippen LogP contribution in [0.2, 0.25) is 0 Å². The van der Waals surface area contributed by atoms with Crippen LogP contribution in [0.3, 0.4) is 0 Å². The van der Waals surface area contributed by atoms with Gasteiger partial charge in [-0.05, 0) is 30.0 Å². The molecule has 1 atom stereocenters. The van der Waals surface area contributed by atoms with Crippen molar-refractivity contribution in [3.63, 3.8) is 0 Å². The quantitative estimate of drug-likeness (QED) is 0.808. The van der Waals surface area contributed by atoms with E-state index in [0.29, 0.717) is 5.56 Å². The zero-order valence-electron chi connectivity index (χ0n) is 11.4. The number of hydrogen-bond acceptors (Lipinski definition) is 4. The lowest BCUT2D eigenvalue weighted by Gasteiger charge is -2.21. The fourth-order valence-corrected chi connectivity index (χ4v) is 1.63. The van der Waals surface area contributed by atoms with Gasteiger partial charge in [-0.2, -0.15) is 0 Å². The summed E-state index contributed by atoms with van der Waals surface area (Å²) in [6, 6.07) is 4.20. The van der Waals surface area contributed by atoms with Crippen molar-refractivity contribution < 1.29 is 14.6 Å². The Kier molecular flexibility index (Phi) is 4.35. The van der Waals surface area contributed by atoms with Crippen LogP contribution in [0.15, 0.2) is 18.2 Å². The number of carbonyl (C=O) groups is 1. The largest absolute Gasteiger partial charge is 0.508 e. The van der Waals surface area contributed by atoms with E-state index in [1.807, 2.05) is 6.07 Å². The van der Waals surface area contributed by atoms with Crippen molar-refractivity contribution in [2.75, 3.05) is 6.61 Å². The summed E-state index contributed by atoms with van der Waals surface area (Å²) >= 11 is 0. The Bertz CT molecular complexity index is 435. The predicted octanol–water partition coefficient (Wildman–Crippen LogP) is 2.25. The van der Waals surface area contributed by atoms with Gasteiger partial charge in [0.2, 0.25) is 0 Å². The van der Waals surface area contributed by atoms with Crippen LogP contribution >= 0.6 is 0 Å². The Morgan fingerprint density at radius 3 is 2.56 bits per heavy atom. The molecule has 100 valence electrons. The molecule has 0 spiro atoms. The van der Waals surface area contributed by atoms with E-state index in [2.05, 4.69) is 20.8 Å². The normalized spacial score (nSPS) is 13.2. The Labute approximate surface area is 108 Å². The molecule has 4 nitrogen and oxygen atoms in total. The number of rotatable bonds is 3. The number of nitrogens with two attached hydrogens (primary N) is 1. The molecule has 18 heavy (non-hydrogen) atoms. The third-order valence-corrected chi connectivity index (χ3v) is 2.77. The van der Waals surface area contributed by atoms with E-state index in [9.17, 15) is 9.90 Å². The second-order valence-electron chi connectivity index (χ2n) is 5.25. The molecule has 0 aliphatic heterocycles. The fraction of sp³-hybridized carbons (Fsp3) is 0.500. The third-order valence-electron chi connectivity index (χ3n) is 2.77. The van der Waals surface area contributed by atoms with E-state index in [1.165, 1.54) is 0 Å². The minimum atomic E-state index is -0.952. The van der Waals surface area contributed by atoms with Crippen LogP contribution in [0, 0.1) is 0 Å². The van der Waals surface area contributed by atoms with Gasteiger partial charge in [0.15, 0.2) is 0 Å². The van der Waals surface area contributed by atoms with Gasteiger partial charge in [0.1, 0.15) is 11.8 Å². The average molecular weight is 251 g/mol. The summed E-state index contributed by atoms with van der Waals surface area (Å²) in [6.07, 6.45) is 0. The van der Waals surface area contributed by atoms with Crippen molar-refractivity contribution in [1.29, 1.82) is 0 Å². The molecule has 0 radical (unpaired) electrons. The lowest BCUT2D eigenvalue weighted by atomic mass is 9.85. The molecule has 0 amide bonds. The van der Waals surface area contributed by atoms with Crippen molar-refractivity contribution in [2.45, 2.75) is 39.2 Å². The molecule has 1 rings (SSSR count). The Morgan fingerprint density at radius 1 is 1.44 bits per heavy atom. The molecule has 0 aromatic heterocycles. The number of benzene rings is 1. The van der Waals surface area contributed by atoms with Crippen LogP contribution in [0.5, 0.6) is 5.75 Å². The van der Waals surface area contributed by atoms with Gasteiger partial charge in [-0.25, -0.2) is 4.79 Å². The zero-order chi connectivity index (χ0) is 13.9. The van der Waals surface area contributed by atoms with Crippen molar-refractivity contribution >= 4 is 5.97 Å². The molecular weight excluding hydrogens is 230 g/mol. The van der Waals surface area contributed by atoms with Gasteiger partial charge < -0.3 is 15.6 Å². The van der Waals surface area contributed by atoms with Crippen LogP contribution in [0.1, 0.15) is 44.9 Å². The lowest BCUT2D eigenvalue weighted by Crippen LogP contribution is -2.24. The number of carbonyl (C=O) groups excluding carboxylic acids is 1. The molecule has 0 saturated heterocycles. The molecule has 0 unspecified atom stereocenters. The number of esters is 1. The van der Waals surface area contributed by atoms with Crippen LogP contribution in [-0.2, 0) is 14.9 Å². The first-order chi connectivity index (χ1) is 8.27. The Balaban J connectivity index is 3.12. The molecule has 0 aliphatic rings. The molecule has 1 aromatic carbocycles. The van der Waals surface area contributed by atoms with Gasteiger partial charge in [-0.1, -0.05) is 26.8 Å². The predicted molar refractivity (Wildman–Crippen MR) is 70.4 cm³/mol. The summed E-state index contributed by atoms with van der Waals surface area (Å²) in [5, 5.41) is 9.80. The maximum absolute atomic E-state index is 11.6. The van der Waals surface area contributed by atoms with E-state index in [-0.39, 0.29) is 17.8 Å². The summed E-state index contributed by atoms with van der Waals surface area (Å²) in [6.45, 7) is 8.15. The van der Waals surface area contributed by atoms with E-state index in [4.69, 9.17) is 10.5 Å². The van der Waals surface area contributed by atoms with Gasteiger partial charge in [0, 0.05) is 5.56 Å². The summed E-state index contributed by atoms with van der Waals surface area (Å²) in [4.78, 5) is 11.6. The third kappa shape index (κ3) is 3.23. The SMILES string of the molecule is CCOC(=O)[C@@H](N)c1cc(C(C)(C)C)ccc1O. The topological polar surface area (TPSA) is 72.5 Å². The van der Waals surface area contributed by atoms with Crippen molar-refractivity contribution in [2.24, 2.45) is 5.73 Å². The molecule has 0 saturated carbocycles. The van der Waals surface area contributed by atoms with Gasteiger partial charge in [0.25, 0.3) is 0 Å². The highest BCUT2D eigenvalue weighted by molar-refractivity contribution is 5.78. The van der Waals surface area contributed by atoms with E-state index in [1.54, 1.807) is 19.1 Å². The van der Waals surface area contributed by atoms with E-state index >= 15 is 0 Å². The summed E-state index contributed by atoms with van der Waals surface area (Å²) in [7, 11) is 0. The highest BCUT2D eigenvalue weighted by Crippen LogP contribution is 2.30. The first-order valence-corrected chi connectivity index (χ1v) is 6.03. The minimum absolute atomic E-state index is 0.0172. The minimum Gasteiger partial charge on any atom is -0.508 e. The number of aromatic hydroxyl groups is 1. The van der Waals surface area contributed by atoms with E-state index in [0.717, 1.165) is 5.56 Å². The standard InChI is InChI=1S/C14H21NO3/c1-5-18-13(17)12(15)10-8-9(14(2,3)4)6-7-11(10)16/h6-8,12,16H,5,15H2,1-4H3/t12-/m0/s1. The van der Waals surface area contributed by atoms with E-state index < -0.39 is 12.0 Å². The molecule has 0 fully saturated rings. The molecule has 1 aromatic rings. The molecular formula is C14H21NO3. The maximum Gasteiger partial charge on any atom is 0.327 e. The van der Waals surface area contributed by atoms with Crippen LogP contribution in [-0.4, -0.2) is 17.7 Å². The number of ether oxygens (including phenoxy) is 1. The van der Waals surface area contributed by atoms with Gasteiger partial charge in [0.05, 0.1) is 6.61 Å². The number of hydrogen-bond donors (Lipinski definition) is 2. The highest BCUT2D eigenvalue weighted by atomic mass is 16.5. The highest BCUT2D eigenvalue weighted by Gasteiger charge is 2.23. The van der Waals surface area contributed by atoms with Gasteiger partial charge in [-0.3, -0.25) is 0 Å². The van der Waals surface area contributed by atoms with Gasteiger partial charge in [-0.15, -0.1) is 0 Å². The van der Waals surface area contributed by atoms with Crippen molar-refractivity contribution in [3.05, 3.63) is 29.3 Å². The number of phenolic OH excluding ortho intramolecular Hbond substituents is 1. The average Bonchev–Trinajstić information content (AvgIpc) is 2.27. The molecule has 0 aliphatic carbocycles.